The summed E-state index contributed by atoms with van der Waals surface area (Å²) in [7, 11) is 6.12. The van der Waals surface area contributed by atoms with Crippen LogP contribution in [-0.4, -0.2) is 111 Å². The number of aliphatic carboxylic acids is 1. The lowest BCUT2D eigenvalue weighted by Crippen LogP contribution is -2.70. The number of carbonyl (C=O) groups excluding carboxylic acids is 2. The van der Waals surface area contributed by atoms with Crippen molar-refractivity contribution < 1.29 is 43.2 Å². The Balaban J connectivity index is 1.68. The number of fused-ring (bicyclic) bond motifs is 1. The van der Waals surface area contributed by atoms with Crippen molar-refractivity contribution >= 4 is 29.5 Å². The molecule has 7 unspecified atom stereocenters. The molecule has 32 heavy (non-hydrogen) atoms. The van der Waals surface area contributed by atoms with Crippen LogP contribution in [0.25, 0.3) is 0 Å². The molecule has 0 aromatic carbocycles. The maximum Gasteiger partial charge on any atom is 0.352 e. The molecule has 0 aliphatic carbocycles. The molecule has 11 nitrogen and oxygen atoms in total. The number of ether oxygens (including phenoxy) is 5. The van der Waals surface area contributed by atoms with Crippen LogP contribution in [0.5, 0.6) is 0 Å². The quantitative estimate of drug-likeness (QED) is 0.425. The topological polar surface area (TPSA) is 133 Å². The van der Waals surface area contributed by atoms with Crippen molar-refractivity contribution in [2.75, 3.05) is 40.8 Å². The van der Waals surface area contributed by atoms with Crippen LogP contribution in [0.1, 0.15) is 13.3 Å². The molecule has 3 heterocycles. The van der Waals surface area contributed by atoms with Gasteiger partial charge in [0.05, 0.1) is 19.1 Å². The van der Waals surface area contributed by atoms with Crippen LogP contribution in [0.15, 0.2) is 11.3 Å². The number of rotatable bonds is 9. The highest BCUT2D eigenvalue weighted by Gasteiger charge is 2.54. The summed E-state index contributed by atoms with van der Waals surface area (Å²) in [5.41, 5.74) is 0.619. The lowest BCUT2D eigenvalue weighted by molar-refractivity contribution is -0.249. The minimum Gasteiger partial charge on any atom is -0.477 e. The number of amides is 2. The third-order valence-corrected chi connectivity index (χ3v) is 7.37. The molecular formula is C20H30N2O9S. The normalized spacial score (nSPS) is 34.7. The molecule has 3 aliphatic rings. The van der Waals surface area contributed by atoms with E-state index in [9.17, 15) is 19.5 Å². The SMILES string of the molecule is COCC1OC(CC(=O)NC2C(=O)N3C(C(=O)O)=C(C)CSC23)C(OC)C(OC)C1OC. The van der Waals surface area contributed by atoms with Crippen LogP contribution in [0.2, 0.25) is 0 Å². The molecule has 0 saturated carbocycles. The Kier molecular flexibility index (Phi) is 8.17. The second kappa shape index (κ2) is 10.5. The largest absolute Gasteiger partial charge is 0.477 e. The lowest BCUT2D eigenvalue weighted by Gasteiger charge is -2.49. The first-order valence-electron chi connectivity index (χ1n) is 10.2. The summed E-state index contributed by atoms with van der Waals surface area (Å²) in [5.74, 6) is -1.51. The van der Waals surface area contributed by atoms with E-state index in [4.69, 9.17) is 23.7 Å². The molecule has 2 N–H and O–H groups in total. The first kappa shape index (κ1) is 24.9. The van der Waals surface area contributed by atoms with Crippen molar-refractivity contribution in [1.29, 1.82) is 0 Å². The van der Waals surface area contributed by atoms with Gasteiger partial charge in [-0.2, -0.15) is 0 Å². The molecule has 0 bridgehead atoms. The number of hydrogen-bond donors (Lipinski definition) is 2. The molecule has 3 aliphatic heterocycles. The van der Waals surface area contributed by atoms with E-state index in [0.717, 1.165) is 0 Å². The van der Waals surface area contributed by atoms with Crippen LogP contribution in [0.3, 0.4) is 0 Å². The zero-order valence-corrected chi connectivity index (χ0v) is 19.5. The van der Waals surface area contributed by atoms with E-state index in [0.29, 0.717) is 11.3 Å². The average molecular weight is 475 g/mol. The van der Waals surface area contributed by atoms with Crippen molar-refractivity contribution in [3.8, 4) is 0 Å². The van der Waals surface area contributed by atoms with Crippen molar-refractivity contribution in [3.63, 3.8) is 0 Å². The van der Waals surface area contributed by atoms with Gasteiger partial charge in [-0.25, -0.2) is 4.79 Å². The predicted molar refractivity (Wildman–Crippen MR) is 113 cm³/mol. The fraction of sp³-hybridized carbons (Fsp3) is 0.750. The molecule has 2 amide bonds. The number of nitrogens with one attached hydrogen (secondary N) is 1. The summed E-state index contributed by atoms with van der Waals surface area (Å²) in [6.07, 6.45) is -2.72. The van der Waals surface area contributed by atoms with E-state index in [1.165, 1.54) is 30.9 Å². The second-order valence-corrected chi connectivity index (χ2v) is 8.97. The van der Waals surface area contributed by atoms with Gasteiger partial charge in [0.2, 0.25) is 5.91 Å². The van der Waals surface area contributed by atoms with Gasteiger partial charge >= 0.3 is 5.97 Å². The number of carboxylic acids is 1. The van der Waals surface area contributed by atoms with Crippen LogP contribution in [-0.2, 0) is 38.1 Å². The summed E-state index contributed by atoms with van der Waals surface area (Å²) in [6.45, 7) is 1.93. The molecule has 7 atom stereocenters. The highest BCUT2D eigenvalue weighted by atomic mass is 32.2. The Morgan fingerprint density at radius 1 is 1.12 bits per heavy atom. The summed E-state index contributed by atoms with van der Waals surface area (Å²) < 4.78 is 28.0. The highest BCUT2D eigenvalue weighted by molar-refractivity contribution is 8.00. The van der Waals surface area contributed by atoms with Crippen molar-refractivity contribution in [2.24, 2.45) is 0 Å². The van der Waals surface area contributed by atoms with Gasteiger partial charge in [-0.15, -0.1) is 11.8 Å². The zero-order valence-electron chi connectivity index (χ0n) is 18.7. The molecule has 180 valence electrons. The minimum absolute atomic E-state index is 0.00439. The van der Waals surface area contributed by atoms with E-state index in [1.807, 2.05) is 0 Å². The van der Waals surface area contributed by atoms with E-state index < -0.39 is 59.7 Å². The first-order valence-corrected chi connectivity index (χ1v) is 11.2. The van der Waals surface area contributed by atoms with Crippen molar-refractivity contribution in [3.05, 3.63) is 11.3 Å². The fourth-order valence-electron chi connectivity index (χ4n) is 4.48. The summed E-state index contributed by atoms with van der Waals surface area (Å²) in [5, 5.41) is 11.7. The van der Waals surface area contributed by atoms with Crippen LogP contribution in [0, 0.1) is 0 Å². The molecular weight excluding hydrogens is 444 g/mol. The molecule has 2 saturated heterocycles. The molecule has 0 aromatic rings. The maximum atomic E-state index is 12.8. The van der Waals surface area contributed by atoms with E-state index in [-0.39, 0.29) is 18.7 Å². The van der Waals surface area contributed by atoms with Crippen LogP contribution >= 0.6 is 11.8 Å². The number of β-lactam (4-membered cyclic amide) rings is 1. The van der Waals surface area contributed by atoms with Gasteiger partial charge in [-0.1, -0.05) is 0 Å². The molecule has 0 spiro atoms. The number of thioether (sulfide) groups is 1. The van der Waals surface area contributed by atoms with Crippen LogP contribution in [0.4, 0.5) is 0 Å². The third-order valence-electron chi connectivity index (χ3n) is 5.94. The molecule has 0 aromatic heterocycles. The summed E-state index contributed by atoms with van der Waals surface area (Å²) >= 11 is 1.42. The molecule has 0 radical (unpaired) electrons. The van der Waals surface area contributed by atoms with E-state index >= 15 is 0 Å². The van der Waals surface area contributed by atoms with Gasteiger partial charge < -0.3 is 34.1 Å². The predicted octanol–water partition coefficient (Wildman–Crippen LogP) is -0.406. The van der Waals surface area contributed by atoms with Gasteiger partial charge in [0.15, 0.2) is 0 Å². The molecule has 2 fully saturated rings. The molecule has 12 heteroatoms. The maximum absolute atomic E-state index is 12.8. The standard InChI is InChI=1S/C20H30N2O9S/c1-9-8-32-19-13(18(24)22(19)14(9)20(25)26)21-12(23)6-10-15(28-3)17(30-5)16(29-4)11(31-10)7-27-2/h10-11,13,15-17,19H,6-8H2,1-5H3,(H,21,23)(H,25,26). The Labute approximate surface area is 190 Å². The van der Waals surface area contributed by atoms with Gasteiger partial charge in [0.25, 0.3) is 5.91 Å². The highest BCUT2D eigenvalue weighted by Crippen LogP contribution is 2.40. The fourth-order valence-corrected chi connectivity index (χ4v) is 5.78. The third kappa shape index (κ3) is 4.52. The number of methoxy groups -OCH3 is 4. The van der Waals surface area contributed by atoms with E-state index in [2.05, 4.69) is 5.32 Å². The number of carboxylic acid groups (broad SMARTS) is 1. The van der Waals surface area contributed by atoms with Crippen molar-refractivity contribution in [1.82, 2.24) is 10.2 Å². The Bertz CT molecular complexity index is 776. The van der Waals surface area contributed by atoms with Gasteiger partial charge in [-0.3, -0.25) is 14.5 Å². The molecule has 3 rings (SSSR count). The smallest absolute Gasteiger partial charge is 0.352 e. The average Bonchev–Trinajstić information content (AvgIpc) is 2.76. The minimum atomic E-state index is -1.15. The lowest BCUT2D eigenvalue weighted by atomic mass is 9.92. The van der Waals surface area contributed by atoms with Crippen molar-refractivity contribution in [2.45, 2.75) is 55.3 Å². The van der Waals surface area contributed by atoms with Crippen LogP contribution < -0.4 is 5.32 Å². The Hall–Kier alpha value is -1.70. The van der Waals surface area contributed by atoms with Gasteiger partial charge in [0, 0.05) is 34.2 Å². The second-order valence-electron chi connectivity index (χ2n) is 7.86. The Morgan fingerprint density at radius 2 is 1.75 bits per heavy atom. The first-order chi connectivity index (χ1) is 15.3. The van der Waals surface area contributed by atoms with E-state index in [1.54, 1.807) is 21.1 Å². The number of hydrogen-bond acceptors (Lipinski definition) is 9. The number of carbonyl (C=O) groups is 3. The summed E-state index contributed by atoms with van der Waals surface area (Å²) in [4.78, 5) is 38.2. The van der Waals surface area contributed by atoms with Gasteiger partial charge in [0.1, 0.15) is 41.5 Å². The number of nitrogens with zero attached hydrogens (tertiary/aromatic N) is 1. The Morgan fingerprint density at radius 3 is 2.31 bits per heavy atom. The summed E-state index contributed by atoms with van der Waals surface area (Å²) in [6, 6.07) is -0.792. The van der Waals surface area contributed by atoms with Gasteiger partial charge in [-0.05, 0) is 12.5 Å². The monoisotopic (exact) mass is 474 g/mol. The zero-order chi connectivity index (χ0) is 23.6.